The van der Waals surface area contributed by atoms with Crippen molar-refractivity contribution in [1.82, 2.24) is 4.72 Å². The van der Waals surface area contributed by atoms with Gasteiger partial charge in [-0.2, -0.15) is 5.26 Å². The second-order valence-corrected chi connectivity index (χ2v) is 5.30. The quantitative estimate of drug-likeness (QED) is 0.527. The molecule has 0 aliphatic rings. The minimum absolute atomic E-state index is 0.541. The van der Waals surface area contributed by atoms with E-state index in [9.17, 15) is 8.42 Å². The van der Waals surface area contributed by atoms with E-state index in [0.29, 0.717) is 0 Å². The maximum atomic E-state index is 11.3. The number of sulfonamides is 1. The molecule has 0 bridgehead atoms. The van der Waals surface area contributed by atoms with E-state index in [-0.39, 0.29) is 0 Å². The summed E-state index contributed by atoms with van der Waals surface area (Å²) in [5.74, 6) is 0. The molecule has 0 rings (SSSR count). The van der Waals surface area contributed by atoms with Gasteiger partial charge < -0.3 is 10.2 Å². The number of hydrogen-bond acceptors (Lipinski definition) is 5. The Hall–Kier alpha value is -0.680. The lowest BCUT2D eigenvalue weighted by molar-refractivity contribution is 0.121. The van der Waals surface area contributed by atoms with Crippen molar-refractivity contribution in [3.63, 3.8) is 0 Å². The van der Waals surface area contributed by atoms with Crippen LogP contribution in [0.5, 0.6) is 0 Å². The van der Waals surface area contributed by atoms with Crippen LogP contribution >= 0.6 is 0 Å². The van der Waals surface area contributed by atoms with E-state index in [1.165, 1.54) is 13.8 Å². The van der Waals surface area contributed by atoms with E-state index in [1.54, 1.807) is 6.07 Å². The Kier molecular flexibility index (Phi) is 4.48. The normalized spacial score (nSPS) is 14.8. The number of hydrogen-bond donors (Lipinski definition) is 3. The van der Waals surface area contributed by atoms with Crippen LogP contribution in [0.4, 0.5) is 0 Å². The summed E-state index contributed by atoms with van der Waals surface area (Å²) in [4.78, 5) is 0. The summed E-state index contributed by atoms with van der Waals surface area (Å²) >= 11 is 0. The van der Waals surface area contributed by atoms with Crippen molar-refractivity contribution in [3.05, 3.63) is 0 Å². The fraction of sp³-hybridized carbons (Fsp3) is 0.857. The molecule has 0 aliphatic heterocycles. The molecule has 0 spiro atoms. The van der Waals surface area contributed by atoms with E-state index >= 15 is 0 Å². The summed E-state index contributed by atoms with van der Waals surface area (Å²) in [6, 6.07) is 1.56. The van der Waals surface area contributed by atoms with Gasteiger partial charge in [-0.3, -0.25) is 0 Å². The Bertz CT molecular complexity index is 315. The molecule has 0 aliphatic carbocycles. The highest BCUT2D eigenvalue weighted by Crippen LogP contribution is 2.06. The topological polar surface area (TPSA) is 110 Å². The van der Waals surface area contributed by atoms with E-state index < -0.39 is 34.0 Å². The number of rotatable bonds is 5. The Labute approximate surface area is 83.2 Å². The molecule has 6 nitrogen and oxygen atoms in total. The van der Waals surface area contributed by atoms with Crippen LogP contribution < -0.4 is 4.72 Å². The minimum atomic E-state index is -3.82. The predicted molar refractivity (Wildman–Crippen MR) is 49.7 cm³/mol. The molecule has 1 unspecified atom stereocenters. The highest BCUT2D eigenvalue weighted by molar-refractivity contribution is 7.90. The third kappa shape index (κ3) is 3.23. The summed E-state index contributed by atoms with van der Waals surface area (Å²) in [5.41, 5.74) is -1.33. The van der Waals surface area contributed by atoms with Gasteiger partial charge in [-0.1, -0.05) is 0 Å². The largest absolute Gasteiger partial charge is 0.394 e. The second kappa shape index (κ2) is 4.70. The molecule has 0 saturated heterocycles. The Morgan fingerprint density at radius 2 is 1.93 bits per heavy atom. The van der Waals surface area contributed by atoms with Crippen molar-refractivity contribution in [2.45, 2.75) is 24.6 Å². The van der Waals surface area contributed by atoms with Crippen molar-refractivity contribution in [1.29, 1.82) is 5.26 Å². The first kappa shape index (κ1) is 13.3. The van der Waals surface area contributed by atoms with Crippen molar-refractivity contribution in [3.8, 4) is 6.07 Å². The van der Waals surface area contributed by atoms with Gasteiger partial charge in [-0.05, 0) is 13.8 Å². The van der Waals surface area contributed by atoms with E-state index in [0.717, 1.165) is 0 Å². The number of nitriles is 1. The van der Waals surface area contributed by atoms with Crippen molar-refractivity contribution >= 4 is 10.0 Å². The summed E-state index contributed by atoms with van der Waals surface area (Å²) < 4.78 is 24.7. The second-order valence-electron chi connectivity index (χ2n) is 3.30. The third-order valence-electron chi connectivity index (χ3n) is 1.73. The molecule has 0 saturated carbocycles. The van der Waals surface area contributed by atoms with Gasteiger partial charge in [0.1, 0.15) is 0 Å². The summed E-state index contributed by atoms with van der Waals surface area (Å²) in [7, 11) is -3.82. The molecule has 0 heterocycles. The molecular weight excluding hydrogens is 208 g/mol. The van der Waals surface area contributed by atoms with Crippen LogP contribution in [0.2, 0.25) is 0 Å². The van der Waals surface area contributed by atoms with Gasteiger partial charge in [-0.15, -0.1) is 0 Å². The maximum absolute atomic E-state index is 11.3. The molecule has 14 heavy (non-hydrogen) atoms. The zero-order valence-corrected chi connectivity index (χ0v) is 8.87. The molecule has 3 N–H and O–H groups in total. The molecule has 82 valence electrons. The zero-order chi connectivity index (χ0) is 11.4. The standard InChI is InChI=1S/C7H14N2O4S/c1-6(3-8)14(12,13)9-7(2,4-10)5-11/h6,9-11H,4-5H2,1-2H3. The first-order valence-electron chi connectivity index (χ1n) is 3.95. The minimum Gasteiger partial charge on any atom is -0.394 e. The average Bonchev–Trinajstić information content (AvgIpc) is 2.15. The summed E-state index contributed by atoms with van der Waals surface area (Å²) in [5, 5.41) is 24.9. The molecule has 0 aromatic heterocycles. The highest BCUT2D eigenvalue weighted by Gasteiger charge is 2.31. The van der Waals surface area contributed by atoms with Crippen LogP contribution in [0, 0.1) is 11.3 Å². The monoisotopic (exact) mass is 222 g/mol. The fourth-order valence-electron chi connectivity index (χ4n) is 0.616. The zero-order valence-electron chi connectivity index (χ0n) is 8.06. The lowest BCUT2D eigenvalue weighted by Gasteiger charge is -2.26. The van der Waals surface area contributed by atoms with Crippen molar-refractivity contribution in [2.24, 2.45) is 0 Å². The van der Waals surface area contributed by atoms with Gasteiger partial charge in [0, 0.05) is 0 Å². The Balaban J connectivity index is 4.76. The van der Waals surface area contributed by atoms with Crippen LogP contribution in [0.1, 0.15) is 13.8 Å². The van der Waals surface area contributed by atoms with Gasteiger partial charge >= 0.3 is 0 Å². The molecule has 1 atom stereocenters. The van der Waals surface area contributed by atoms with Crippen molar-refractivity contribution in [2.75, 3.05) is 13.2 Å². The van der Waals surface area contributed by atoms with Crippen LogP contribution in [-0.4, -0.2) is 42.6 Å². The lowest BCUT2D eigenvalue weighted by atomic mass is 10.1. The first-order chi connectivity index (χ1) is 6.31. The van der Waals surface area contributed by atoms with Gasteiger partial charge in [0.15, 0.2) is 5.25 Å². The van der Waals surface area contributed by atoms with Crippen LogP contribution in [-0.2, 0) is 10.0 Å². The number of nitrogens with zero attached hydrogens (tertiary/aromatic N) is 1. The van der Waals surface area contributed by atoms with Crippen LogP contribution in [0.15, 0.2) is 0 Å². The van der Waals surface area contributed by atoms with Gasteiger partial charge in [-0.25, -0.2) is 13.1 Å². The number of aliphatic hydroxyl groups is 2. The summed E-state index contributed by atoms with van der Waals surface area (Å²) in [6.07, 6.45) is 0. The van der Waals surface area contributed by atoms with E-state index in [2.05, 4.69) is 4.72 Å². The van der Waals surface area contributed by atoms with E-state index in [4.69, 9.17) is 15.5 Å². The fourth-order valence-corrected chi connectivity index (χ4v) is 1.75. The third-order valence-corrected chi connectivity index (χ3v) is 3.55. The molecule has 0 aromatic carbocycles. The number of aliphatic hydroxyl groups excluding tert-OH is 2. The molecule has 0 aromatic rings. The van der Waals surface area contributed by atoms with Gasteiger partial charge in [0.2, 0.25) is 10.0 Å². The Morgan fingerprint density at radius 1 is 1.50 bits per heavy atom. The number of nitrogens with one attached hydrogen (secondary N) is 1. The first-order valence-corrected chi connectivity index (χ1v) is 5.50. The van der Waals surface area contributed by atoms with E-state index in [1.807, 2.05) is 0 Å². The average molecular weight is 222 g/mol. The molecule has 0 fully saturated rings. The van der Waals surface area contributed by atoms with Gasteiger partial charge in [0.25, 0.3) is 0 Å². The SMILES string of the molecule is CC(C#N)S(=O)(=O)NC(C)(CO)CO. The van der Waals surface area contributed by atoms with Crippen LogP contribution in [0.25, 0.3) is 0 Å². The predicted octanol–water partition coefficient (Wildman–Crippen LogP) is -1.44. The van der Waals surface area contributed by atoms with Gasteiger partial charge in [0.05, 0.1) is 24.8 Å². The summed E-state index contributed by atoms with van der Waals surface area (Å²) in [6.45, 7) is 1.48. The molecule has 0 radical (unpaired) electrons. The van der Waals surface area contributed by atoms with Crippen LogP contribution in [0.3, 0.4) is 0 Å². The van der Waals surface area contributed by atoms with Crippen molar-refractivity contribution < 1.29 is 18.6 Å². The molecule has 0 amide bonds. The smallest absolute Gasteiger partial charge is 0.228 e. The molecular formula is C7H14N2O4S. The highest BCUT2D eigenvalue weighted by atomic mass is 32.2. The maximum Gasteiger partial charge on any atom is 0.228 e. The lowest BCUT2D eigenvalue weighted by Crippen LogP contribution is -2.53. The molecule has 7 heteroatoms. The Morgan fingerprint density at radius 3 is 2.21 bits per heavy atom.